The van der Waals surface area contributed by atoms with Gasteiger partial charge in [-0.25, -0.2) is 0 Å². The van der Waals surface area contributed by atoms with Crippen molar-refractivity contribution in [1.82, 2.24) is 0 Å². The van der Waals surface area contributed by atoms with Gasteiger partial charge in [0.1, 0.15) is 0 Å². The third-order valence-electron chi connectivity index (χ3n) is 6.68. The second kappa shape index (κ2) is 7.45. The van der Waals surface area contributed by atoms with Gasteiger partial charge in [0.15, 0.2) is 0 Å². The minimum Gasteiger partial charge on any atom is -0.516 e. The van der Waals surface area contributed by atoms with E-state index in [9.17, 15) is 0 Å². The molecule has 2 aliphatic rings. The molecule has 0 aliphatic carbocycles. The number of hydrogen-bond acceptors (Lipinski definition) is 5. The van der Waals surface area contributed by atoms with E-state index in [1.165, 1.54) is 0 Å². The normalized spacial score (nSPS) is 25.9. The van der Waals surface area contributed by atoms with E-state index in [-0.39, 0.29) is 5.82 Å². The first-order valence-electron chi connectivity index (χ1n) is 10.4. The molecule has 0 aromatic heterocycles. The molecular formula is C22H34B2O5. The van der Waals surface area contributed by atoms with E-state index in [1.54, 1.807) is 0 Å². The molecule has 158 valence electrons. The Labute approximate surface area is 176 Å². The predicted molar refractivity (Wildman–Crippen MR) is 116 cm³/mol. The summed E-state index contributed by atoms with van der Waals surface area (Å²) >= 11 is 0. The Morgan fingerprint density at radius 1 is 0.793 bits per heavy atom. The molecule has 1 aromatic carbocycles. The van der Waals surface area contributed by atoms with Crippen molar-refractivity contribution in [2.24, 2.45) is 0 Å². The van der Waals surface area contributed by atoms with Gasteiger partial charge in [-0.2, -0.15) is 0 Å². The largest absolute Gasteiger partial charge is 0.713 e. The van der Waals surface area contributed by atoms with Crippen LogP contribution in [0.15, 0.2) is 42.2 Å². The smallest absolute Gasteiger partial charge is 0.516 e. The van der Waals surface area contributed by atoms with E-state index in [4.69, 9.17) is 23.3 Å². The molecule has 0 amide bonds. The van der Waals surface area contributed by atoms with E-state index in [0.717, 1.165) is 5.56 Å². The lowest BCUT2D eigenvalue weighted by molar-refractivity contribution is 0.00578. The maximum atomic E-state index is 6.33. The van der Waals surface area contributed by atoms with Crippen LogP contribution in [0, 0.1) is 0 Å². The van der Waals surface area contributed by atoms with Crippen LogP contribution in [-0.4, -0.2) is 36.8 Å². The quantitative estimate of drug-likeness (QED) is 0.519. The highest BCUT2D eigenvalue weighted by atomic mass is 16.8. The topological polar surface area (TPSA) is 46.2 Å². The Morgan fingerprint density at radius 3 is 1.72 bits per heavy atom. The highest BCUT2D eigenvalue weighted by Gasteiger charge is 2.55. The molecule has 7 heteroatoms. The van der Waals surface area contributed by atoms with Crippen LogP contribution in [0.2, 0.25) is 0 Å². The van der Waals surface area contributed by atoms with Crippen molar-refractivity contribution < 1.29 is 23.3 Å². The lowest BCUT2D eigenvalue weighted by Gasteiger charge is -2.32. The SMILES string of the molecule is C/C(=C\C(B1OC(C)(C)C(C)(C)O1)c1ccccc1)OB1OC(C)(C)C(C)(C)O1. The second-order valence-electron chi connectivity index (χ2n) is 10.0. The molecule has 5 nitrogen and oxygen atoms in total. The van der Waals surface area contributed by atoms with Gasteiger partial charge in [0.05, 0.1) is 28.2 Å². The van der Waals surface area contributed by atoms with Gasteiger partial charge in [-0.1, -0.05) is 30.3 Å². The summed E-state index contributed by atoms with van der Waals surface area (Å²) in [7, 11) is -1.16. The molecule has 29 heavy (non-hydrogen) atoms. The van der Waals surface area contributed by atoms with Crippen molar-refractivity contribution in [2.75, 3.05) is 0 Å². The Morgan fingerprint density at radius 2 is 1.24 bits per heavy atom. The zero-order valence-electron chi connectivity index (χ0n) is 19.2. The summed E-state index contributed by atoms with van der Waals surface area (Å²) in [5.41, 5.74) is -0.592. The monoisotopic (exact) mass is 400 g/mol. The van der Waals surface area contributed by atoms with E-state index >= 15 is 0 Å². The van der Waals surface area contributed by atoms with Crippen LogP contribution in [-0.2, 0) is 23.3 Å². The highest BCUT2D eigenvalue weighted by Crippen LogP contribution is 2.42. The maximum absolute atomic E-state index is 6.33. The summed E-state index contributed by atoms with van der Waals surface area (Å²) in [6, 6.07) is 10.2. The Kier molecular flexibility index (Phi) is 5.76. The van der Waals surface area contributed by atoms with Gasteiger partial charge < -0.3 is 23.3 Å². The van der Waals surface area contributed by atoms with Gasteiger partial charge in [-0.15, -0.1) is 0 Å². The van der Waals surface area contributed by atoms with E-state index in [1.807, 2.05) is 58.9 Å². The highest BCUT2D eigenvalue weighted by molar-refractivity contribution is 6.48. The first-order valence-corrected chi connectivity index (χ1v) is 10.4. The number of benzene rings is 1. The summed E-state index contributed by atoms with van der Waals surface area (Å²) in [4.78, 5) is 0. The van der Waals surface area contributed by atoms with Crippen molar-refractivity contribution in [3.63, 3.8) is 0 Å². The zero-order valence-corrected chi connectivity index (χ0v) is 19.2. The summed E-state index contributed by atoms with van der Waals surface area (Å²) in [6.07, 6.45) is 2.03. The number of hydrogen-bond donors (Lipinski definition) is 0. The van der Waals surface area contributed by atoms with Crippen molar-refractivity contribution in [2.45, 2.75) is 90.5 Å². The molecule has 2 aliphatic heterocycles. The zero-order chi connectivity index (χ0) is 21.7. The summed E-state index contributed by atoms with van der Waals surface area (Å²) in [6.45, 7) is 18.2. The molecule has 0 saturated carbocycles. The van der Waals surface area contributed by atoms with Gasteiger partial charge in [-0.3, -0.25) is 0 Å². The fourth-order valence-corrected chi connectivity index (χ4v) is 3.32. The van der Waals surface area contributed by atoms with Crippen LogP contribution in [0.25, 0.3) is 0 Å². The molecule has 1 unspecified atom stereocenters. The van der Waals surface area contributed by atoms with Gasteiger partial charge >= 0.3 is 14.4 Å². The summed E-state index contributed by atoms with van der Waals surface area (Å²) in [5.74, 6) is 0.576. The molecule has 2 heterocycles. The van der Waals surface area contributed by atoms with Crippen LogP contribution < -0.4 is 0 Å². The van der Waals surface area contributed by atoms with E-state index in [0.29, 0.717) is 5.76 Å². The van der Waals surface area contributed by atoms with Crippen LogP contribution in [0.5, 0.6) is 0 Å². The molecule has 1 aromatic rings. The molecule has 1 atom stereocenters. The first-order chi connectivity index (χ1) is 13.2. The minimum absolute atomic E-state index is 0.125. The number of rotatable bonds is 5. The first kappa shape index (κ1) is 22.4. The lowest BCUT2D eigenvalue weighted by atomic mass is 9.67. The van der Waals surface area contributed by atoms with E-state index in [2.05, 4.69) is 39.8 Å². The summed E-state index contributed by atoms with van der Waals surface area (Å²) in [5, 5.41) is 0. The van der Waals surface area contributed by atoms with Gasteiger partial charge in [0, 0.05) is 5.82 Å². The molecule has 0 bridgehead atoms. The van der Waals surface area contributed by atoms with E-state index < -0.39 is 36.8 Å². The Hall–Kier alpha value is -1.27. The third-order valence-corrected chi connectivity index (χ3v) is 6.68. The van der Waals surface area contributed by atoms with Crippen LogP contribution >= 0.6 is 0 Å². The van der Waals surface area contributed by atoms with Crippen molar-refractivity contribution in [3.05, 3.63) is 47.7 Å². The Bertz CT molecular complexity index is 726. The third kappa shape index (κ3) is 4.43. The fraction of sp³-hybridized carbons (Fsp3) is 0.636. The molecule has 0 spiro atoms. The van der Waals surface area contributed by atoms with Crippen molar-refractivity contribution in [1.29, 1.82) is 0 Å². The lowest BCUT2D eigenvalue weighted by Crippen LogP contribution is -2.41. The maximum Gasteiger partial charge on any atom is 0.713 e. The second-order valence-corrected chi connectivity index (χ2v) is 10.0. The summed E-state index contributed by atoms with van der Waals surface area (Å²) < 4.78 is 30.6. The van der Waals surface area contributed by atoms with Gasteiger partial charge in [0.25, 0.3) is 0 Å². The van der Waals surface area contributed by atoms with Crippen molar-refractivity contribution in [3.8, 4) is 0 Å². The standard InChI is InChI=1S/C22H34B2O5/c1-16(25-24-28-21(6,7)22(8,9)29-24)15-18(17-13-11-10-12-14-17)23-26-19(2,3)20(4,5)27-23/h10-15,18H,1-9H3/b16-15+. The molecule has 2 fully saturated rings. The molecule has 2 saturated heterocycles. The minimum atomic E-state index is -0.744. The van der Waals surface area contributed by atoms with Crippen LogP contribution in [0.4, 0.5) is 0 Å². The average molecular weight is 400 g/mol. The molecule has 3 rings (SSSR count). The molecular weight excluding hydrogens is 366 g/mol. The Balaban J connectivity index is 1.83. The van der Waals surface area contributed by atoms with Gasteiger partial charge in [0.2, 0.25) is 0 Å². The molecule has 0 N–H and O–H groups in total. The van der Waals surface area contributed by atoms with Crippen LogP contribution in [0.3, 0.4) is 0 Å². The predicted octanol–water partition coefficient (Wildman–Crippen LogP) is 4.91. The average Bonchev–Trinajstić information content (AvgIpc) is 2.92. The molecule has 0 radical (unpaired) electrons. The van der Waals surface area contributed by atoms with Crippen LogP contribution in [0.1, 0.15) is 73.7 Å². The van der Waals surface area contributed by atoms with Gasteiger partial charge in [-0.05, 0) is 74.0 Å². The number of allylic oxidation sites excluding steroid dienone is 2. The van der Waals surface area contributed by atoms with Crippen molar-refractivity contribution >= 4 is 14.4 Å². The fourth-order valence-electron chi connectivity index (χ4n) is 3.32.